The van der Waals surface area contributed by atoms with E-state index in [1.165, 1.54) is 0 Å². The molecule has 1 aliphatic heterocycles. The van der Waals surface area contributed by atoms with Gasteiger partial charge in [-0.15, -0.1) is 0 Å². The maximum Gasteiger partial charge on any atom is 0.228 e. The van der Waals surface area contributed by atoms with Crippen molar-refractivity contribution in [1.29, 1.82) is 0 Å². The molecule has 2 rings (SSSR count). The van der Waals surface area contributed by atoms with Gasteiger partial charge in [-0.3, -0.25) is 4.79 Å². The number of benzene rings is 1. The number of amides is 1. The second-order valence-electron chi connectivity index (χ2n) is 9.42. The van der Waals surface area contributed by atoms with Gasteiger partial charge in [0, 0.05) is 23.2 Å². The van der Waals surface area contributed by atoms with Gasteiger partial charge in [0.2, 0.25) is 5.91 Å². The zero-order chi connectivity index (χ0) is 21.3. The van der Waals surface area contributed by atoms with Gasteiger partial charge in [0.1, 0.15) is 5.75 Å². The molecule has 1 aromatic rings. The number of methoxy groups -OCH3 is 1. The molecule has 6 heteroatoms. The van der Waals surface area contributed by atoms with Crippen LogP contribution in [0.2, 0.25) is 18.1 Å². The van der Waals surface area contributed by atoms with Crippen LogP contribution in [0.25, 0.3) is 0 Å². The van der Waals surface area contributed by atoms with E-state index >= 15 is 0 Å². The lowest BCUT2D eigenvalue weighted by Gasteiger charge is -2.47. The van der Waals surface area contributed by atoms with Crippen LogP contribution in [0.15, 0.2) is 24.3 Å². The summed E-state index contributed by atoms with van der Waals surface area (Å²) >= 11 is 5.73. The average molecular weight is 422 g/mol. The number of hydrogen-bond donors (Lipinski definition) is 1. The Morgan fingerprint density at radius 1 is 1.21 bits per heavy atom. The highest BCUT2D eigenvalue weighted by atomic mass is 32.1. The van der Waals surface area contributed by atoms with E-state index in [0.717, 1.165) is 22.6 Å². The maximum atomic E-state index is 12.3. The van der Waals surface area contributed by atoms with Gasteiger partial charge in [-0.2, -0.15) is 0 Å². The fourth-order valence-corrected chi connectivity index (χ4v) is 5.12. The Morgan fingerprint density at radius 3 is 2.25 bits per heavy atom. The fraction of sp³-hybridized carbons (Fsp3) is 0.636. The summed E-state index contributed by atoms with van der Waals surface area (Å²) in [6.07, 6.45) is 0.614. The van der Waals surface area contributed by atoms with Crippen molar-refractivity contribution in [1.82, 2.24) is 5.32 Å². The normalized spacial score (nSPS) is 22.1. The van der Waals surface area contributed by atoms with Crippen molar-refractivity contribution in [2.24, 2.45) is 11.8 Å². The molecule has 0 unspecified atom stereocenters. The number of β-lactam (4-membered cyclic amide) rings is 1. The summed E-state index contributed by atoms with van der Waals surface area (Å²) < 4.78 is 11.7. The van der Waals surface area contributed by atoms with Crippen molar-refractivity contribution in [3.63, 3.8) is 0 Å². The Balaban J connectivity index is 2.02. The first-order chi connectivity index (χ1) is 12.9. The van der Waals surface area contributed by atoms with Crippen LogP contribution >= 0.6 is 12.2 Å². The molecule has 0 bridgehead atoms. The molecular formula is C22H35NO3SSi. The first-order valence-corrected chi connectivity index (χ1v) is 13.3. The van der Waals surface area contributed by atoms with Crippen molar-refractivity contribution in [3.05, 3.63) is 29.8 Å². The van der Waals surface area contributed by atoms with Crippen molar-refractivity contribution in [2.75, 3.05) is 7.11 Å². The molecule has 1 N–H and O–H groups in total. The smallest absolute Gasteiger partial charge is 0.228 e. The number of ether oxygens (including phenoxy) is 1. The molecule has 28 heavy (non-hydrogen) atoms. The summed E-state index contributed by atoms with van der Waals surface area (Å²) in [5.41, 5.74) is 1.16. The third kappa shape index (κ3) is 5.02. The lowest BCUT2D eigenvalue weighted by atomic mass is 9.77. The van der Waals surface area contributed by atoms with Crippen LogP contribution in [0.1, 0.15) is 40.2 Å². The van der Waals surface area contributed by atoms with Crippen molar-refractivity contribution >= 4 is 31.3 Å². The van der Waals surface area contributed by atoms with Crippen LogP contribution in [-0.4, -0.2) is 38.3 Å². The highest BCUT2D eigenvalue weighted by Crippen LogP contribution is 2.39. The molecule has 0 aromatic heterocycles. The third-order valence-corrected chi connectivity index (χ3v) is 11.5. The zero-order valence-corrected chi connectivity index (χ0v) is 20.3. The Kier molecular flexibility index (Phi) is 7.11. The Bertz CT molecular complexity index is 711. The van der Waals surface area contributed by atoms with Crippen LogP contribution in [0.3, 0.4) is 0 Å². The number of carbonyl (C=O) groups excluding carboxylic acids is 1. The third-order valence-electron chi connectivity index (χ3n) is 6.37. The summed E-state index contributed by atoms with van der Waals surface area (Å²) in [4.78, 5) is 13.3. The summed E-state index contributed by atoms with van der Waals surface area (Å²) in [6.45, 7) is 15.3. The van der Waals surface area contributed by atoms with E-state index in [1.54, 1.807) is 7.11 Å². The quantitative estimate of drug-likeness (QED) is 0.373. The number of carbonyl (C=O) groups is 1. The van der Waals surface area contributed by atoms with E-state index in [2.05, 4.69) is 46.1 Å². The highest BCUT2D eigenvalue weighted by Gasteiger charge is 2.49. The van der Waals surface area contributed by atoms with Crippen molar-refractivity contribution < 1.29 is 14.0 Å². The SMILES string of the molecule is COc1ccc(CC(=S)[C@H](C)[C@H]2NC(=O)[C@@H]2[C@@H](C)O[Si](C)(C)C(C)(C)C)cc1. The topological polar surface area (TPSA) is 47.6 Å². The molecule has 1 aliphatic rings. The lowest BCUT2D eigenvalue weighted by Crippen LogP contribution is -2.66. The van der Waals surface area contributed by atoms with Gasteiger partial charge < -0.3 is 14.5 Å². The minimum atomic E-state index is -1.93. The van der Waals surface area contributed by atoms with Gasteiger partial charge in [-0.1, -0.05) is 52.0 Å². The second-order valence-corrected chi connectivity index (χ2v) is 14.7. The number of nitrogens with one attached hydrogen (secondary N) is 1. The van der Waals surface area contributed by atoms with Crippen LogP contribution in [0.5, 0.6) is 5.75 Å². The predicted molar refractivity (Wildman–Crippen MR) is 122 cm³/mol. The second kappa shape index (κ2) is 8.64. The van der Waals surface area contributed by atoms with E-state index in [0.29, 0.717) is 0 Å². The van der Waals surface area contributed by atoms with Crippen LogP contribution in [0, 0.1) is 11.8 Å². The monoisotopic (exact) mass is 421 g/mol. The molecule has 0 aliphatic carbocycles. The first-order valence-electron chi connectivity index (χ1n) is 10.0. The number of hydrogen-bond acceptors (Lipinski definition) is 4. The number of rotatable bonds is 8. The summed E-state index contributed by atoms with van der Waals surface area (Å²) in [7, 11) is -0.268. The molecular weight excluding hydrogens is 386 g/mol. The van der Waals surface area contributed by atoms with Gasteiger partial charge >= 0.3 is 0 Å². The summed E-state index contributed by atoms with van der Waals surface area (Å²) in [5, 5.41) is 3.19. The van der Waals surface area contributed by atoms with E-state index in [9.17, 15) is 4.79 Å². The lowest BCUT2D eigenvalue weighted by molar-refractivity contribution is -0.140. The molecule has 0 radical (unpaired) electrons. The van der Waals surface area contributed by atoms with Crippen LogP contribution in [0.4, 0.5) is 0 Å². The first kappa shape index (κ1) is 23.0. The number of thiocarbonyl (C=S) groups is 1. The van der Waals surface area contributed by atoms with E-state index < -0.39 is 8.32 Å². The molecule has 1 amide bonds. The van der Waals surface area contributed by atoms with E-state index in [4.69, 9.17) is 21.4 Å². The molecule has 156 valence electrons. The van der Waals surface area contributed by atoms with Gasteiger partial charge in [0.15, 0.2) is 8.32 Å². The Hall–Kier alpha value is -1.24. The minimum absolute atomic E-state index is 0.0398. The zero-order valence-electron chi connectivity index (χ0n) is 18.5. The van der Waals surface area contributed by atoms with Gasteiger partial charge in [0.05, 0.1) is 19.1 Å². The largest absolute Gasteiger partial charge is 0.497 e. The molecule has 1 aromatic carbocycles. The minimum Gasteiger partial charge on any atom is -0.497 e. The fourth-order valence-electron chi connectivity index (χ4n) is 3.38. The Labute approximate surface area is 176 Å². The highest BCUT2D eigenvalue weighted by molar-refractivity contribution is 7.80. The van der Waals surface area contributed by atoms with Crippen molar-refractivity contribution in [2.45, 2.75) is 71.3 Å². The predicted octanol–water partition coefficient (Wildman–Crippen LogP) is 4.77. The summed E-state index contributed by atoms with van der Waals surface area (Å²) in [6, 6.07) is 8.02. The average Bonchev–Trinajstić information content (AvgIpc) is 2.57. The molecule has 1 fully saturated rings. The summed E-state index contributed by atoms with van der Waals surface area (Å²) in [5.74, 6) is 0.893. The van der Waals surface area contributed by atoms with Gasteiger partial charge in [-0.25, -0.2) is 0 Å². The van der Waals surface area contributed by atoms with Crippen LogP contribution < -0.4 is 10.1 Å². The van der Waals surface area contributed by atoms with E-state index in [-0.39, 0.29) is 34.9 Å². The maximum absolute atomic E-state index is 12.3. The van der Waals surface area contributed by atoms with Crippen molar-refractivity contribution in [3.8, 4) is 5.75 Å². The molecule has 1 heterocycles. The van der Waals surface area contributed by atoms with Gasteiger partial charge in [-0.05, 0) is 42.8 Å². The molecule has 4 atom stereocenters. The standard InChI is InChI=1S/C22H35NO3SSi/c1-14(18(27)13-16-9-11-17(25-6)12-10-16)20-19(21(24)23-20)15(2)26-28(7,8)22(3,4)5/h9-12,14-15,19-20H,13H2,1-8H3,(H,23,24)/t14-,15+,19+,20+/m0/s1. The molecule has 0 saturated carbocycles. The van der Waals surface area contributed by atoms with Gasteiger partial charge in [0.25, 0.3) is 0 Å². The molecule has 4 nitrogen and oxygen atoms in total. The molecule has 0 spiro atoms. The van der Waals surface area contributed by atoms with E-state index in [1.807, 2.05) is 31.2 Å². The Morgan fingerprint density at radius 2 is 1.79 bits per heavy atom. The molecule has 1 saturated heterocycles. The van der Waals surface area contributed by atoms with Crippen LogP contribution in [-0.2, 0) is 15.6 Å².